The summed E-state index contributed by atoms with van der Waals surface area (Å²) in [5, 5.41) is 0. The summed E-state index contributed by atoms with van der Waals surface area (Å²) >= 11 is 2.09. The van der Waals surface area contributed by atoms with E-state index in [-0.39, 0.29) is 0 Å². The van der Waals surface area contributed by atoms with Crippen molar-refractivity contribution in [2.45, 2.75) is 44.7 Å². The van der Waals surface area contributed by atoms with Crippen LogP contribution in [0.2, 0.25) is 0 Å². The zero-order chi connectivity index (χ0) is 10.9. The summed E-state index contributed by atoms with van der Waals surface area (Å²) in [6.07, 6.45) is 4.06. The van der Waals surface area contributed by atoms with Gasteiger partial charge in [-0.3, -0.25) is 4.90 Å². The Hall–Kier alpha value is 0.270. The lowest BCUT2D eigenvalue weighted by Gasteiger charge is -2.49. The molecule has 2 aliphatic rings. The van der Waals surface area contributed by atoms with Crippen LogP contribution in [0.5, 0.6) is 0 Å². The molecule has 0 amide bonds. The Morgan fingerprint density at radius 1 is 1.47 bits per heavy atom. The maximum absolute atomic E-state index is 6.10. The minimum absolute atomic E-state index is 0.334. The van der Waals surface area contributed by atoms with Gasteiger partial charge in [-0.25, -0.2) is 0 Å². The van der Waals surface area contributed by atoms with Crippen LogP contribution in [-0.2, 0) is 0 Å². The highest BCUT2D eigenvalue weighted by molar-refractivity contribution is 7.99. The first-order valence-corrected chi connectivity index (χ1v) is 7.41. The van der Waals surface area contributed by atoms with Gasteiger partial charge in [0.05, 0.1) is 0 Å². The van der Waals surface area contributed by atoms with Gasteiger partial charge in [-0.05, 0) is 25.7 Å². The summed E-state index contributed by atoms with van der Waals surface area (Å²) in [5.41, 5.74) is 6.44. The smallest absolute Gasteiger partial charge is 0.0360 e. The molecular formula is C12H24N2S. The summed E-state index contributed by atoms with van der Waals surface area (Å²) in [7, 11) is 0. The fraction of sp³-hybridized carbons (Fsp3) is 1.00. The molecule has 0 bridgehead atoms. The van der Waals surface area contributed by atoms with Crippen molar-refractivity contribution in [1.29, 1.82) is 0 Å². The van der Waals surface area contributed by atoms with E-state index in [1.807, 2.05) is 0 Å². The van der Waals surface area contributed by atoms with E-state index in [2.05, 4.69) is 30.5 Å². The number of thioether (sulfide) groups is 1. The van der Waals surface area contributed by atoms with Crippen LogP contribution in [0.25, 0.3) is 0 Å². The highest BCUT2D eigenvalue weighted by Crippen LogP contribution is 2.41. The Balaban J connectivity index is 2.16. The van der Waals surface area contributed by atoms with Crippen LogP contribution in [0.4, 0.5) is 0 Å². The van der Waals surface area contributed by atoms with E-state index >= 15 is 0 Å². The van der Waals surface area contributed by atoms with Crippen molar-refractivity contribution in [3.05, 3.63) is 0 Å². The van der Waals surface area contributed by atoms with E-state index < -0.39 is 0 Å². The highest BCUT2D eigenvalue weighted by Gasteiger charge is 2.45. The SMILES string of the molecule is CC1CSCCN1C1(CN)CCCC1C. The number of rotatable bonds is 2. The average molecular weight is 228 g/mol. The Morgan fingerprint density at radius 2 is 2.27 bits per heavy atom. The second-order valence-corrected chi connectivity index (χ2v) is 6.37. The van der Waals surface area contributed by atoms with E-state index in [1.54, 1.807) is 0 Å². The first-order chi connectivity index (χ1) is 7.20. The molecule has 15 heavy (non-hydrogen) atoms. The third-order valence-electron chi connectivity index (χ3n) is 4.46. The van der Waals surface area contributed by atoms with Crippen LogP contribution >= 0.6 is 11.8 Å². The maximum Gasteiger partial charge on any atom is 0.0360 e. The van der Waals surface area contributed by atoms with Gasteiger partial charge >= 0.3 is 0 Å². The molecule has 2 fully saturated rings. The summed E-state index contributed by atoms with van der Waals surface area (Å²) < 4.78 is 0. The third-order valence-corrected chi connectivity index (χ3v) is 5.65. The minimum atomic E-state index is 0.334. The molecular weight excluding hydrogens is 204 g/mol. The number of hydrogen-bond acceptors (Lipinski definition) is 3. The van der Waals surface area contributed by atoms with Crippen molar-refractivity contribution in [3.8, 4) is 0 Å². The molecule has 1 saturated heterocycles. The predicted octanol–water partition coefficient (Wildman–Crippen LogP) is 1.94. The van der Waals surface area contributed by atoms with Crippen molar-refractivity contribution in [3.63, 3.8) is 0 Å². The number of nitrogens with zero attached hydrogens (tertiary/aromatic N) is 1. The standard InChI is InChI=1S/C12H24N2S/c1-10-4-3-5-12(10,9-13)14-6-7-15-8-11(14)2/h10-11H,3-9,13H2,1-2H3. The molecule has 2 nitrogen and oxygen atoms in total. The van der Waals surface area contributed by atoms with Gasteiger partial charge in [-0.2, -0.15) is 11.8 Å². The molecule has 0 spiro atoms. The molecule has 1 aliphatic carbocycles. The van der Waals surface area contributed by atoms with Crippen LogP contribution in [0.15, 0.2) is 0 Å². The van der Waals surface area contributed by atoms with Gasteiger partial charge in [0, 0.05) is 36.2 Å². The molecule has 0 aromatic heterocycles. The molecule has 0 radical (unpaired) electrons. The van der Waals surface area contributed by atoms with Gasteiger partial charge in [-0.15, -0.1) is 0 Å². The Morgan fingerprint density at radius 3 is 2.80 bits per heavy atom. The summed E-state index contributed by atoms with van der Waals surface area (Å²) in [6.45, 7) is 6.86. The second kappa shape index (κ2) is 4.64. The second-order valence-electron chi connectivity index (χ2n) is 5.22. The van der Waals surface area contributed by atoms with E-state index in [9.17, 15) is 0 Å². The van der Waals surface area contributed by atoms with E-state index in [0.717, 1.165) is 12.5 Å². The van der Waals surface area contributed by atoms with Gasteiger partial charge in [0.25, 0.3) is 0 Å². The highest BCUT2D eigenvalue weighted by atomic mass is 32.2. The normalized spacial score (nSPS) is 43.4. The van der Waals surface area contributed by atoms with Crippen molar-refractivity contribution < 1.29 is 0 Å². The Labute approximate surface area is 98.0 Å². The van der Waals surface area contributed by atoms with Crippen LogP contribution in [0, 0.1) is 5.92 Å². The van der Waals surface area contributed by atoms with Crippen LogP contribution in [0.1, 0.15) is 33.1 Å². The molecule has 1 aliphatic heterocycles. The molecule has 3 unspecified atom stereocenters. The third kappa shape index (κ3) is 1.94. The predicted molar refractivity (Wildman–Crippen MR) is 68.3 cm³/mol. The maximum atomic E-state index is 6.10. The lowest BCUT2D eigenvalue weighted by Crippen LogP contribution is -2.61. The van der Waals surface area contributed by atoms with Crippen molar-refractivity contribution in [1.82, 2.24) is 4.90 Å². The van der Waals surface area contributed by atoms with Gasteiger partial charge in [0.1, 0.15) is 0 Å². The Bertz CT molecular complexity index is 222. The van der Waals surface area contributed by atoms with E-state index in [0.29, 0.717) is 11.6 Å². The van der Waals surface area contributed by atoms with Crippen molar-refractivity contribution in [2.75, 3.05) is 24.6 Å². The van der Waals surface area contributed by atoms with Crippen LogP contribution in [-0.4, -0.2) is 41.1 Å². The van der Waals surface area contributed by atoms with Gasteiger partial charge in [0.2, 0.25) is 0 Å². The number of hydrogen-bond donors (Lipinski definition) is 1. The topological polar surface area (TPSA) is 29.3 Å². The van der Waals surface area contributed by atoms with E-state index in [4.69, 9.17) is 5.73 Å². The molecule has 0 aromatic carbocycles. The summed E-state index contributed by atoms with van der Waals surface area (Å²) in [4.78, 5) is 2.72. The van der Waals surface area contributed by atoms with Crippen molar-refractivity contribution >= 4 is 11.8 Å². The fourth-order valence-corrected chi connectivity index (χ4v) is 4.48. The van der Waals surface area contributed by atoms with Crippen LogP contribution < -0.4 is 5.73 Å². The first-order valence-electron chi connectivity index (χ1n) is 6.25. The number of nitrogens with two attached hydrogens (primary N) is 1. The largest absolute Gasteiger partial charge is 0.329 e. The molecule has 88 valence electrons. The molecule has 2 rings (SSSR count). The minimum Gasteiger partial charge on any atom is -0.329 e. The molecule has 3 atom stereocenters. The lowest BCUT2D eigenvalue weighted by atomic mass is 9.85. The first kappa shape index (κ1) is 11.7. The van der Waals surface area contributed by atoms with Gasteiger partial charge in [-0.1, -0.05) is 13.3 Å². The lowest BCUT2D eigenvalue weighted by molar-refractivity contribution is 0.0402. The van der Waals surface area contributed by atoms with Gasteiger partial charge < -0.3 is 5.73 Å². The average Bonchev–Trinajstić information content (AvgIpc) is 2.61. The Kier molecular flexibility index (Phi) is 3.63. The molecule has 3 heteroatoms. The zero-order valence-corrected chi connectivity index (χ0v) is 10.9. The van der Waals surface area contributed by atoms with E-state index in [1.165, 1.54) is 37.3 Å². The zero-order valence-electron chi connectivity index (χ0n) is 10.0. The molecule has 0 aromatic rings. The van der Waals surface area contributed by atoms with Crippen LogP contribution in [0.3, 0.4) is 0 Å². The van der Waals surface area contributed by atoms with Gasteiger partial charge in [0.15, 0.2) is 0 Å². The quantitative estimate of drug-likeness (QED) is 0.783. The fourth-order valence-electron chi connectivity index (χ4n) is 3.47. The monoisotopic (exact) mass is 228 g/mol. The molecule has 1 saturated carbocycles. The van der Waals surface area contributed by atoms with Crippen molar-refractivity contribution in [2.24, 2.45) is 11.7 Å². The summed E-state index contributed by atoms with van der Waals surface area (Å²) in [6, 6.07) is 0.716. The molecule has 1 heterocycles. The summed E-state index contributed by atoms with van der Waals surface area (Å²) in [5.74, 6) is 3.36. The molecule has 2 N–H and O–H groups in total.